The van der Waals surface area contributed by atoms with Gasteiger partial charge in [0.2, 0.25) is 0 Å². The van der Waals surface area contributed by atoms with E-state index in [-0.39, 0.29) is 6.09 Å². The van der Waals surface area contributed by atoms with Crippen molar-refractivity contribution < 1.29 is 9.53 Å². The van der Waals surface area contributed by atoms with Crippen LogP contribution in [0.5, 0.6) is 0 Å². The van der Waals surface area contributed by atoms with Crippen molar-refractivity contribution >= 4 is 6.09 Å². The molecule has 2 N–H and O–H groups in total. The summed E-state index contributed by atoms with van der Waals surface area (Å²) >= 11 is 0. The minimum Gasteiger partial charge on any atom is -0.444 e. The van der Waals surface area contributed by atoms with Gasteiger partial charge in [-0.05, 0) is 40.7 Å². The summed E-state index contributed by atoms with van der Waals surface area (Å²) in [5, 5.41) is 0. The van der Waals surface area contributed by atoms with Crippen LogP contribution in [-0.4, -0.2) is 36.2 Å². The van der Waals surface area contributed by atoms with Crippen molar-refractivity contribution in [2.45, 2.75) is 39.7 Å². The Kier molecular flexibility index (Phi) is 5.53. The number of amides is 1. The van der Waals surface area contributed by atoms with Crippen LogP contribution in [0.4, 0.5) is 4.79 Å². The second-order valence-corrected chi connectivity index (χ2v) is 4.20. The molecule has 0 aliphatic rings. The number of hydrogen-bond donors (Lipinski definition) is 1. The van der Waals surface area contributed by atoms with Crippen molar-refractivity contribution in [2.75, 3.05) is 19.6 Å². The van der Waals surface area contributed by atoms with Crippen LogP contribution >= 0.6 is 0 Å². The number of rotatable bonds is 4. The van der Waals surface area contributed by atoms with Crippen molar-refractivity contribution in [1.29, 1.82) is 0 Å². The van der Waals surface area contributed by atoms with E-state index in [0.717, 1.165) is 6.42 Å². The predicted octanol–water partition coefficient (Wildman–Crippen LogP) is 1.59. The zero-order valence-electron chi connectivity index (χ0n) is 9.67. The minimum absolute atomic E-state index is 0.256. The fourth-order valence-corrected chi connectivity index (χ4v) is 0.987. The lowest BCUT2D eigenvalue weighted by Gasteiger charge is -2.26. The summed E-state index contributed by atoms with van der Waals surface area (Å²) in [6.45, 7) is 9.45. The topological polar surface area (TPSA) is 55.6 Å². The van der Waals surface area contributed by atoms with Crippen molar-refractivity contribution in [3.05, 3.63) is 0 Å². The Morgan fingerprint density at radius 3 is 2.36 bits per heavy atom. The van der Waals surface area contributed by atoms with Gasteiger partial charge in [0.25, 0.3) is 0 Å². The first-order chi connectivity index (χ1) is 6.40. The highest BCUT2D eigenvalue weighted by Gasteiger charge is 2.20. The van der Waals surface area contributed by atoms with Crippen LogP contribution in [0.25, 0.3) is 0 Å². The minimum atomic E-state index is -0.423. The molecule has 4 heteroatoms. The summed E-state index contributed by atoms with van der Waals surface area (Å²) in [5.74, 6) is 0. The molecule has 4 nitrogen and oxygen atoms in total. The van der Waals surface area contributed by atoms with Crippen LogP contribution in [0.15, 0.2) is 0 Å². The van der Waals surface area contributed by atoms with Crippen LogP contribution in [0.1, 0.15) is 34.1 Å². The number of nitrogens with two attached hydrogens (primary N) is 1. The maximum absolute atomic E-state index is 11.6. The first-order valence-corrected chi connectivity index (χ1v) is 5.08. The van der Waals surface area contributed by atoms with Gasteiger partial charge in [-0.2, -0.15) is 0 Å². The maximum Gasteiger partial charge on any atom is 0.410 e. The Bertz CT molecular complexity index is 175. The fraction of sp³-hybridized carbons (Fsp3) is 0.900. The molecule has 0 aromatic rings. The quantitative estimate of drug-likeness (QED) is 0.753. The first kappa shape index (κ1) is 13.2. The Hall–Kier alpha value is -0.770. The number of carbonyl (C=O) groups excluding carboxylic acids is 1. The molecule has 0 rings (SSSR count). The van der Waals surface area contributed by atoms with Gasteiger partial charge in [0, 0.05) is 13.1 Å². The number of hydrogen-bond acceptors (Lipinski definition) is 3. The molecule has 1 amide bonds. The average Bonchev–Trinajstić information content (AvgIpc) is 2.02. The van der Waals surface area contributed by atoms with Crippen LogP contribution < -0.4 is 5.73 Å². The standard InChI is InChI=1S/C10H22N2O2/c1-5-12(8-6-7-11)9(13)14-10(2,3)4/h5-8,11H2,1-4H3. The normalized spacial score (nSPS) is 11.2. The molecule has 0 aliphatic carbocycles. The van der Waals surface area contributed by atoms with E-state index in [1.54, 1.807) is 4.90 Å². The molecule has 84 valence electrons. The van der Waals surface area contributed by atoms with E-state index >= 15 is 0 Å². The third-order valence-electron chi connectivity index (χ3n) is 1.67. The Morgan fingerprint density at radius 2 is 2.00 bits per heavy atom. The molecule has 0 saturated carbocycles. The second kappa shape index (κ2) is 5.86. The molecule has 0 fully saturated rings. The summed E-state index contributed by atoms with van der Waals surface area (Å²) in [5.41, 5.74) is 4.96. The van der Waals surface area contributed by atoms with E-state index in [0.29, 0.717) is 19.6 Å². The van der Waals surface area contributed by atoms with Gasteiger partial charge in [-0.3, -0.25) is 0 Å². The van der Waals surface area contributed by atoms with Gasteiger partial charge in [-0.1, -0.05) is 0 Å². The van der Waals surface area contributed by atoms with Crippen LogP contribution in [0.2, 0.25) is 0 Å². The highest BCUT2D eigenvalue weighted by Crippen LogP contribution is 2.09. The zero-order chi connectivity index (χ0) is 11.2. The van der Waals surface area contributed by atoms with Crippen LogP contribution in [0, 0.1) is 0 Å². The summed E-state index contributed by atoms with van der Waals surface area (Å²) < 4.78 is 5.23. The van der Waals surface area contributed by atoms with Crippen molar-refractivity contribution in [1.82, 2.24) is 4.90 Å². The third kappa shape index (κ3) is 5.80. The van der Waals surface area contributed by atoms with E-state index in [1.165, 1.54) is 0 Å². The molecule has 0 atom stereocenters. The summed E-state index contributed by atoms with van der Waals surface area (Å²) in [4.78, 5) is 13.2. The predicted molar refractivity (Wildman–Crippen MR) is 57.2 cm³/mol. The molecule has 0 bridgehead atoms. The first-order valence-electron chi connectivity index (χ1n) is 5.08. The third-order valence-corrected chi connectivity index (χ3v) is 1.67. The molecule has 0 heterocycles. The molecule has 0 aromatic carbocycles. The SMILES string of the molecule is CCN(CCCN)C(=O)OC(C)(C)C. The van der Waals surface area contributed by atoms with Gasteiger partial charge in [0.05, 0.1) is 0 Å². The monoisotopic (exact) mass is 202 g/mol. The molecule has 14 heavy (non-hydrogen) atoms. The fourth-order valence-electron chi connectivity index (χ4n) is 0.987. The molecular weight excluding hydrogens is 180 g/mol. The van der Waals surface area contributed by atoms with Gasteiger partial charge in [-0.15, -0.1) is 0 Å². The Labute approximate surface area is 86.4 Å². The van der Waals surface area contributed by atoms with Crippen molar-refractivity contribution in [3.8, 4) is 0 Å². The molecule has 0 radical (unpaired) electrons. The van der Waals surface area contributed by atoms with Gasteiger partial charge < -0.3 is 15.4 Å². The lowest BCUT2D eigenvalue weighted by Crippen LogP contribution is -2.37. The number of ether oxygens (including phenoxy) is 1. The van der Waals surface area contributed by atoms with E-state index in [4.69, 9.17) is 10.5 Å². The van der Waals surface area contributed by atoms with Gasteiger partial charge in [0.15, 0.2) is 0 Å². The van der Waals surface area contributed by atoms with E-state index < -0.39 is 5.60 Å². The average molecular weight is 202 g/mol. The lowest BCUT2D eigenvalue weighted by atomic mass is 10.2. The number of nitrogens with zero attached hydrogens (tertiary/aromatic N) is 1. The van der Waals surface area contributed by atoms with E-state index in [1.807, 2.05) is 27.7 Å². The highest BCUT2D eigenvalue weighted by molar-refractivity contribution is 5.68. The van der Waals surface area contributed by atoms with Gasteiger partial charge in [0.1, 0.15) is 5.60 Å². The summed E-state index contributed by atoms with van der Waals surface area (Å²) in [6, 6.07) is 0. The zero-order valence-corrected chi connectivity index (χ0v) is 9.67. The largest absolute Gasteiger partial charge is 0.444 e. The van der Waals surface area contributed by atoms with Gasteiger partial charge in [-0.25, -0.2) is 4.79 Å². The molecule has 0 spiro atoms. The van der Waals surface area contributed by atoms with E-state index in [2.05, 4.69) is 0 Å². The molecule has 0 unspecified atom stereocenters. The van der Waals surface area contributed by atoms with E-state index in [9.17, 15) is 4.79 Å². The maximum atomic E-state index is 11.6. The summed E-state index contributed by atoms with van der Waals surface area (Å²) in [7, 11) is 0. The van der Waals surface area contributed by atoms with Crippen LogP contribution in [0.3, 0.4) is 0 Å². The molecular formula is C10H22N2O2. The smallest absolute Gasteiger partial charge is 0.410 e. The van der Waals surface area contributed by atoms with Crippen LogP contribution in [-0.2, 0) is 4.74 Å². The van der Waals surface area contributed by atoms with Crippen molar-refractivity contribution in [3.63, 3.8) is 0 Å². The highest BCUT2D eigenvalue weighted by atomic mass is 16.6. The summed E-state index contributed by atoms with van der Waals surface area (Å²) in [6.07, 6.45) is 0.557. The second-order valence-electron chi connectivity index (χ2n) is 4.20. The Balaban J connectivity index is 4.04. The van der Waals surface area contributed by atoms with Crippen molar-refractivity contribution in [2.24, 2.45) is 5.73 Å². The Morgan fingerprint density at radius 1 is 1.43 bits per heavy atom. The molecule has 0 aliphatic heterocycles. The molecule has 0 aromatic heterocycles. The number of carbonyl (C=O) groups is 1. The molecule has 0 saturated heterocycles. The van der Waals surface area contributed by atoms with Gasteiger partial charge >= 0.3 is 6.09 Å². The lowest BCUT2D eigenvalue weighted by molar-refractivity contribution is 0.0259.